The molecule has 0 radical (unpaired) electrons. The number of nitrogens with one attached hydrogen (secondary N) is 1. The van der Waals surface area contributed by atoms with Gasteiger partial charge in [-0.2, -0.15) is 0 Å². The van der Waals surface area contributed by atoms with Gasteiger partial charge in [-0.05, 0) is 47.9 Å². The standard InChI is InChI=1S/C26H23FN2O5/c1-17-7-8-20(23(11-17)28-14-25(30)33-15-18-5-3-2-4-6-18)22-12-19(27)13-24-21(22)9-10-29(24)16-34-26(31)32/h2-13,28H,14-16H2,1H3,(H,31,32). The zero-order chi connectivity index (χ0) is 24.1. The minimum absolute atomic E-state index is 0.0603. The van der Waals surface area contributed by atoms with Crippen LogP contribution < -0.4 is 5.32 Å². The second-order valence-electron chi connectivity index (χ2n) is 7.76. The number of benzene rings is 3. The molecular weight excluding hydrogens is 439 g/mol. The normalized spacial score (nSPS) is 10.8. The van der Waals surface area contributed by atoms with Crippen molar-refractivity contribution in [3.05, 3.63) is 89.9 Å². The number of anilines is 1. The maximum absolute atomic E-state index is 14.6. The Morgan fingerprint density at radius 2 is 1.79 bits per heavy atom. The number of hydrogen-bond acceptors (Lipinski definition) is 5. The van der Waals surface area contributed by atoms with Gasteiger partial charge in [0.2, 0.25) is 0 Å². The van der Waals surface area contributed by atoms with E-state index in [0.29, 0.717) is 27.7 Å². The van der Waals surface area contributed by atoms with E-state index in [-0.39, 0.29) is 19.9 Å². The van der Waals surface area contributed by atoms with E-state index < -0.39 is 17.9 Å². The summed E-state index contributed by atoms with van der Waals surface area (Å²) in [6.07, 6.45) is 0.223. The van der Waals surface area contributed by atoms with Crippen LogP contribution in [0.3, 0.4) is 0 Å². The van der Waals surface area contributed by atoms with Crippen LogP contribution in [0, 0.1) is 12.7 Å². The van der Waals surface area contributed by atoms with Crippen LogP contribution >= 0.6 is 0 Å². The first kappa shape index (κ1) is 22.8. The molecule has 0 saturated carbocycles. The maximum Gasteiger partial charge on any atom is 0.507 e. The lowest BCUT2D eigenvalue weighted by Gasteiger charge is -2.15. The Morgan fingerprint density at radius 3 is 2.56 bits per heavy atom. The molecule has 3 aromatic carbocycles. The fraction of sp³-hybridized carbons (Fsp3) is 0.154. The van der Waals surface area contributed by atoms with E-state index in [9.17, 15) is 14.0 Å². The second kappa shape index (κ2) is 10.1. The van der Waals surface area contributed by atoms with Crippen LogP contribution in [0.1, 0.15) is 11.1 Å². The summed E-state index contributed by atoms with van der Waals surface area (Å²) >= 11 is 0. The summed E-state index contributed by atoms with van der Waals surface area (Å²) in [6.45, 7) is 1.78. The van der Waals surface area contributed by atoms with Crippen molar-refractivity contribution in [2.45, 2.75) is 20.3 Å². The van der Waals surface area contributed by atoms with Crippen LogP contribution in [0.25, 0.3) is 22.0 Å². The third-order valence-corrected chi connectivity index (χ3v) is 5.31. The highest BCUT2D eigenvalue weighted by molar-refractivity contribution is 5.99. The Labute approximate surface area is 195 Å². The molecule has 0 aliphatic carbocycles. The number of aromatic nitrogens is 1. The number of ether oxygens (including phenoxy) is 2. The van der Waals surface area contributed by atoms with Gasteiger partial charge in [-0.15, -0.1) is 0 Å². The quantitative estimate of drug-likeness (QED) is 0.333. The van der Waals surface area contributed by atoms with Crippen LogP contribution in [-0.2, 0) is 27.6 Å². The molecule has 34 heavy (non-hydrogen) atoms. The summed E-state index contributed by atoms with van der Waals surface area (Å²) in [5.41, 5.74) is 4.30. The zero-order valence-electron chi connectivity index (χ0n) is 18.5. The first-order valence-corrected chi connectivity index (χ1v) is 10.6. The van der Waals surface area contributed by atoms with Crippen LogP contribution in [0.15, 0.2) is 72.9 Å². The second-order valence-corrected chi connectivity index (χ2v) is 7.76. The van der Waals surface area contributed by atoms with Gasteiger partial charge in [0.05, 0.1) is 5.52 Å². The number of nitrogens with zero attached hydrogens (tertiary/aromatic N) is 1. The van der Waals surface area contributed by atoms with Crippen molar-refractivity contribution in [2.24, 2.45) is 0 Å². The van der Waals surface area contributed by atoms with Crippen LogP contribution in [0.5, 0.6) is 0 Å². The Kier molecular flexibility index (Phi) is 6.77. The van der Waals surface area contributed by atoms with Gasteiger partial charge in [-0.3, -0.25) is 4.79 Å². The lowest BCUT2D eigenvalue weighted by atomic mass is 9.98. The van der Waals surface area contributed by atoms with E-state index in [2.05, 4.69) is 10.1 Å². The average Bonchev–Trinajstić information content (AvgIpc) is 3.23. The maximum atomic E-state index is 14.6. The first-order valence-electron chi connectivity index (χ1n) is 10.6. The number of rotatable bonds is 8. The Hall–Kier alpha value is -4.33. The summed E-state index contributed by atoms with van der Waals surface area (Å²) in [5.74, 6) is -0.899. The lowest BCUT2D eigenvalue weighted by Crippen LogP contribution is -2.17. The molecule has 0 saturated heterocycles. The number of aryl methyl sites for hydroxylation is 1. The topological polar surface area (TPSA) is 89.8 Å². The molecule has 0 aliphatic rings. The number of hydrogen-bond donors (Lipinski definition) is 2. The van der Waals surface area contributed by atoms with Crippen molar-refractivity contribution in [1.82, 2.24) is 4.57 Å². The van der Waals surface area contributed by atoms with Crippen molar-refractivity contribution in [3.63, 3.8) is 0 Å². The number of esters is 1. The Morgan fingerprint density at radius 1 is 1.00 bits per heavy atom. The molecule has 4 aromatic rings. The van der Waals surface area contributed by atoms with Crippen molar-refractivity contribution in [2.75, 3.05) is 11.9 Å². The molecule has 1 aromatic heterocycles. The molecule has 0 unspecified atom stereocenters. The fourth-order valence-electron chi connectivity index (χ4n) is 3.72. The number of carbonyl (C=O) groups excluding carboxylic acids is 1. The van der Waals surface area contributed by atoms with E-state index in [0.717, 1.165) is 11.1 Å². The molecule has 4 rings (SSSR count). The number of fused-ring (bicyclic) bond motifs is 1. The van der Waals surface area contributed by atoms with Crippen molar-refractivity contribution in [1.29, 1.82) is 0 Å². The molecule has 0 aliphatic heterocycles. The van der Waals surface area contributed by atoms with E-state index in [4.69, 9.17) is 9.84 Å². The molecule has 0 bridgehead atoms. The van der Waals surface area contributed by atoms with Gasteiger partial charge in [0.25, 0.3) is 0 Å². The van der Waals surface area contributed by atoms with Crippen LogP contribution in [0.4, 0.5) is 14.9 Å². The molecule has 0 fully saturated rings. The molecule has 0 spiro atoms. The van der Waals surface area contributed by atoms with Crippen molar-refractivity contribution in [3.8, 4) is 11.1 Å². The van der Waals surface area contributed by atoms with Crippen LogP contribution in [0.2, 0.25) is 0 Å². The summed E-state index contributed by atoms with van der Waals surface area (Å²) in [5, 5.41) is 12.6. The molecule has 0 amide bonds. The third-order valence-electron chi connectivity index (χ3n) is 5.31. The van der Waals surface area contributed by atoms with E-state index in [1.807, 2.05) is 55.5 Å². The van der Waals surface area contributed by atoms with Gasteiger partial charge in [0.1, 0.15) is 19.0 Å². The lowest BCUT2D eigenvalue weighted by molar-refractivity contribution is -0.142. The Bertz CT molecular complexity index is 1330. The molecule has 7 nitrogen and oxygen atoms in total. The smallest absolute Gasteiger partial charge is 0.460 e. The predicted molar refractivity (Wildman–Crippen MR) is 126 cm³/mol. The van der Waals surface area contributed by atoms with E-state index >= 15 is 0 Å². The zero-order valence-corrected chi connectivity index (χ0v) is 18.5. The molecular formula is C26H23FN2O5. The number of carbonyl (C=O) groups is 2. The fourth-order valence-corrected chi connectivity index (χ4v) is 3.72. The highest BCUT2D eigenvalue weighted by Gasteiger charge is 2.15. The van der Waals surface area contributed by atoms with Crippen LogP contribution in [-0.4, -0.2) is 28.3 Å². The molecule has 1 heterocycles. The van der Waals surface area contributed by atoms with Gasteiger partial charge in [-0.1, -0.05) is 42.5 Å². The predicted octanol–water partition coefficient (Wildman–Crippen LogP) is 5.56. The highest BCUT2D eigenvalue weighted by Crippen LogP contribution is 2.35. The summed E-state index contributed by atoms with van der Waals surface area (Å²) in [7, 11) is 0. The highest BCUT2D eigenvalue weighted by atomic mass is 19.1. The summed E-state index contributed by atoms with van der Waals surface area (Å²) in [4.78, 5) is 23.1. The summed E-state index contributed by atoms with van der Waals surface area (Å²) < 4.78 is 26.0. The van der Waals surface area contributed by atoms with Gasteiger partial charge >= 0.3 is 12.1 Å². The minimum atomic E-state index is -1.41. The van der Waals surface area contributed by atoms with Gasteiger partial charge in [0.15, 0.2) is 6.73 Å². The van der Waals surface area contributed by atoms with E-state index in [1.165, 1.54) is 16.7 Å². The molecule has 8 heteroatoms. The monoisotopic (exact) mass is 462 g/mol. The molecule has 174 valence electrons. The molecule has 0 atom stereocenters. The number of halogens is 1. The summed E-state index contributed by atoms with van der Waals surface area (Å²) in [6, 6.07) is 19.5. The van der Waals surface area contributed by atoms with E-state index in [1.54, 1.807) is 12.3 Å². The SMILES string of the molecule is Cc1ccc(-c2cc(F)cc3c2ccn3COC(=O)O)c(NCC(=O)OCc2ccccc2)c1. The van der Waals surface area contributed by atoms with Gasteiger partial charge < -0.3 is 24.5 Å². The van der Waals surface area contributed by atoms with Crippen molar-refractivity contribution >= 4 is 28.7 Å². The largest absolute Gasteiger partial charge is 0.507 e. The Balaban J connectivity index is 1.58. The third kappa shape index (κ3) is 5.35. The van der Waals surface area contributed by atoms with Crippen molar-refractivity contribution < 1.29 is 28.6 Å². The first-order chi connectivity index (χ1) is 16.4. The van der Waals surface area contributed by atoms with Gasteiger partial charge in [0, 0.05) is 22.8 Å². The van der Waals surface area contributed by atoms with Gasteiger partial charge in [-0.25, -0.2) is 9.18 Å². The minimum Gasteiger partial charge on any atom is -0.460 e. The average molecular weight is 462 g/mol. The molecule has 2 N–H and O–H groups in total. The number of carboxylic acid groups (broad SMARTS) is 1.